The van der Waals surface area contributed by atoms with Crippen molar-refractivity contribution in [1.82, 2.24) is 9.80 Å². The molecule has 0 saturated carbocycles. The smallest absolute Gasteiger partial charge is 0.241 e. The molecule has 6 heteroatoms. The van der Waals surface area contributed by atoms with E-state index in [0.29, 0.717) is 22.4 Å². The third kappa shape index (κ3) is 5.62. The summed E-state index contributed by atoms with van der Waals surface area (Å²) in [5.74, 6) is 2.14. The molecule has 2 heterocycles. The Morgan fingerprint density at radius 1 is 1.29 bits per heavy atom. The summed E-state index contributed by atoms with van der Waals surface area (Å²) >= 11 is 6.08. The van der Waals surface area contributed by atoms with Gasteiger partial charge in [0.2, 0.25) is 5.91 Å². The van der Waals surface area contributed by atoms with Crippen molar-refractivity contribution in [3.63, 3.8) is 0 Å². The summed E-state index contributed by atoms with van der Waals surface area (Å²) in [6.45, 7) is 9.94. The van der Waals surface area contributed by atoms with Crippen molar-refractivity contribution in [1.29, 1.82) is 0 Å². The molecule has 1 N–H and O–H groups in total. The number of ether oxygens (including phenoxy) is 1. The normalized spacial score (nSPS) is 23.4. The predicted octanol–water partition coefficient (Wildman–Crippen LogP) is 4.12. The summed E-state index contributed by atoms with van der Waals surface area (Å²) < 4.78 is 5.34. The lowest BCUT2D eigenvalue weighted by molar-refractivity contribution is -0.121. The second-order valence-corrected chi connectivity index (χ2v) is 8.93. The van der Waals surface area contributed by atoms with Crippen LogP contribution in [0.5, 0.6) is 5.75 Å². The van der Waals surface area contributed by atoms with Gasteiger partial charge in [-0.2, -0.15) is 0 Å². The zero-order chi connectivity index (χ0) is 20.1. The van der Waals surface area contributed by atoms with Gasteiger partial charge < -0.3 is 15.0 Å². The zero-order valence-electron chi connectivity index (χ0n) is 17.4. The Labute approximate surface area is 174 Å². The van der Waals surface area contributed by atoms with E-state index in [1.54, 1.807) is 25.3 Å². The summed E-state index contributed by atoms with van der Waals surface area (Å²) in [4.78, 5) is 17.8. The van der Waals surface area contributed by atoms with Crippen LogP contribution in [0.2, 0.25) is 5.02 Å². The van der Waals surface area contributed by atoms with Gasteiger partial charge in [0.1, 0.15) is 5.75 Å². The third-order valence-corrected chi connectivity index (χ3v) is 6.52. The number of hydrogen-bond acceptors (Lipinski definition) is 4. The average molecular weight is 408 g/mol. The maximum Gasteiger partial charge on any atom is 0.241 e. The van der Waals surface area contributed by atoms with Crippen molar-refractivity contribution < 1.29 is 9.53 Å². The average Bonchev–Trinajstić information content (AvgIpc) is 2.69. The molecule has 0 spiro atoms. The molecular weight excluding hydrogens is 374 g/mol. The minimum atomic E-state index is -0.173. The van der Waals surface area contributed by atoms with E-state index in [0.717, 1.165) is 25.4 Å². The molecule has 5 nitrogen and oxygen atoms in total. The van der Waals surface area contributed by atoms with Gasteiger partial charge in [0.25, 0.3) is 0 Å². The number of carbonyl (C=O) groups excluding carboxylic acids is 1. The molecule has 2 saturated heterocycles. The van der Waals surface area contributed by atoms with Crippen LogP contribution in [-0.4, -0.2) is 61.6 Å². The summed E-state index contributed by atoms with van der Waals surface area (Å²) in [5, 5.41) is 3.58. The zero-order valence-corrected chi connectivity index (χ0v) is 18.2. The van der Waals surface area contributed by atoms with Crippen molar-refractivity contribution >= 4 is 23.2 Å². The van der Waals surface area contributed by atoms with Crippen molar-refractivity contribution in [2.45, 2.75) is 45.6 Å². The molecule has 1 amide bonds. The molecule has 2 fully saturated rings. The fourth-order valence-electron chi connectivity index (χ4n) is 4.39. The van der Waals surface area contributed by atoms with Crippen LogP contribution >= 0.6 is 11.6 Å². The monoisotopic (exact) mass is 407 g/mol. The molecule has 28 heavy (non-hydrogen) atoms. The summed E-state index contributed by atoms with van der Waals surface area (Å²) in [6.07, 6.45) is 5.06. The molecular formula is C22H34ClN3O2. The highest BCUT2D eigenvalue weighted by Gasteiger charge is 2.29. The van der Waals surface area contributed by atoms with Gasteiger partial charge in [-0.15, -0.1) is 0 Å². The first-order valence-corrected chi connectivity index (χ1v) is 10.9. The van der Waals surface area contributed by atoms with E-state index >= 15 is 0 Å². The van der Waals surface area contributed by atoms with E-state index in [-0.39, 0.29) is 11.9 Å². The molecule has 1 aromatic rings. The van der Waals surface area contributed by atoms with E-state index in [2.05, 4.69) is 22.0 Å². The quantitative estimate of drug-likeness (QED) is 0.770. The van der Waals surface area contributed by atoms with Gasteiger partial charge in [-0.05, 0) is 82.3 Å². The number of anilines is 1. The molecule has 0 aromatic heterocycles. The van der Waals surface area contributed by atoms with Crippen LogP contribution in [0.3, 0.4) is 0 Å². The second kappa shape index (κ2) is 9.95. The van der Waals surface area contributed by atoms with Gasteiger partial charge >= 0.3 is 0 Å². The lowest BCUT2D eigenvalue weighted by Gasteiger charge is -2.39. The van der Waals surface area contributed by atoms with Gasteiger partial charge in [0.05, 0.1) is 18.8 Å². The van der Waals surface area contributed by atoms with E-state index in [1.165, 1.54) is 38.9 Å². The van der Waals surface area contributed by atoms with Crippen molar-refractivity contribution in [2.75, 3.05) is 45.2 Å². The molecule has 2 aliphatic heterocycles. The molecule has 0 aliphatic carbocycles. The largest absolute Gasteiger partial charge is 0.495 e. The first-order chi connectivity index (χ1) is 13.5. The topological polar surface area (TPSA) is 44.8 Å². The van der Waals surface area contributed by atoms with Gasteiger partial charge in [-0.3, -0.25) is 9.69 Å². The van der Waals surface area contributed by atoms with Crippen LogP contribution in [0.1, 0.15) is 39.5 Å². The lowest BCUT2D eigenvalue weighted by Crippen LogP contribution is -2.49. The first-order valence-electron chi connectivity index (χ1n) is 10.6. The van der Waals surface area contributed by atoms with Crippen LogP contribution in [-0.2, 0) is 4.79 Å². The molecule has 2 atom stereocenters. The van der Waals surface area contributed by atoms with Crippen LogP contribution < -0.4 is 10.1 Å². The highest BCUT2D eigenvalue weighted by Crippen LogP contribution is 2.28. The highest BCUT2D eigenvalue weighted by molar-refractivity contribution is 6.31. The molecule has 0 radical (unpaired) electrons. The van der Waals surface area contributed by atoms with Gasteiger partial charge in [0.15, 0.2) is 0 Å². The number of methoxy groups -OCH3 is 1. The SMILES string of the molecule is COc1ccc(Cl)cc1NC(=O)C(C)N1CCCC(CN2CCC(C)CC2)C1. The summed E-state index contributed by atoms with van der Waals surface area (Å²) in [7, 11) is 1.60. The van der Waals surface area contributed by atoms with Crippen LogP contribution in [0, 0.1) is 11.8 Å². The Bertz CT molecular complexity index is 661. The molecule has 3 rings (SSSR count). The van der Waals surface area contributed by atoms with Crippen molar-refractivity contribution in [2.24, 2.45) is 11.8 Å². The number of halogens is 1. The van der Waals surface area contributed by atoms with E-state index in [4.69, 9.17) is 16.3 Å². The molecule has 2 unspecified atom stereocenters. The van der Waals surface area contributed by atoms with E-state index in [9.17, 15) is 4.79 Å². The summed E-state index contributed by atoms with van der Waals surface area (Å²) in [6, 6.07) is 5.10. The number of likely N-dealkylation sites (tertiary alicyclic amines) is 2. The number of rotatable bonds is 6. The number of carbonyl (C=O) groups is 1. The van der Waals surface area contributed by atoms with Gasteiger partial charge in [0, 0.05) is 18.1 Å². The van der Waals surface area contributed by atoms with Crippen LogP contribution in [0.4, 0.5) is 5.69 Å². The molecule has 2 aliphatic rings. The lowest BCUT2D eigenvalue weighted by atomic mass is 9.93. The minimum Gasteiger partial charge on any atom is -0.495 e. The van der Waals surface area contributed by atoms with E-state index in [1.807, 2.05) is 6.92 Å². The maximum atomic E-state index is 12.9. The van der Waals surface area contributed by atoms with Crippen LogP contribution in [0.15, 0.2) is 18.2 Å². The Hall–Kier alpha value is -1.30. The summed E-state index contributed by atoms with van der Waals surface area (Å²) in [5.41, 5.74) is 0.628. The Morgan fingerprint density at radius 3 is 2.75 bits per heavy atom. The Balaban J connectivity index is 1.55. The van der Waals surface area contributed by atoms with Crippen LogP contribution in [0.25, 0.3) is 0 Å². The maximum absolute atomic E-state index is 12.9. The first kappa shape index (κ1) is 21.4. The molecule has 156 valence electrons. The second-order valence-electron chi connectivity index (χ2n) is 8.50. The van der Waals surface area contributed by atoms with Crippen molar-refractivity contribution in [3.8, 4) is 5.75 Å². The third-order valence-electron chi connectivity index (χ3n) is 6.29. The molecule has 1 aromatic carbocycles. The number of hydrogen-bond donors (Lipinski definition) is 1. The Kier molecular flexibility index (Phi) is 7.61. The molecule has 0 bridgehead atoms. The standard InChI is InChI=1S/C22H34ClN3O2/c1-16-8-11-25(12-9-16)14-18-5-4-10-26(15-18)17(2)22(27)24-20-13-19(23)6-7-21(20)28-3/h6-7,13,16-18H,4-5,8-12,14-15H2,1-3H3,(H,24,27). The highest BCUT2D eigenvalue weighted by atomic mass is 35.5. The number of nitrogens with one attached hydrogen (secondary N) is 1. The van der Waals surface area contributed by atoms with E-state index < -0.39 is 0 Å². The number of piperidine rings is 2. The Morgan fingerprint density at radius 2 is 2.04 bits per heavy atom. The fourth-order valence-corrected chi connectivity index (χ4v) is 4.56. The van der Waals surface area contributed by atoms with Gasteiger partial charge in [-0.1, -0.05) is 18.5 Å². The number of nitrogens with zero attached hydrogens (tertiary/aromatic N) is 2. The minimum absolute atomic E-state index is 0.00647. The predicted molar refractivity (Wildman–Crippen MR) is 115 cm³/mol. The van der Waals surface area contributed by atoms with Gasteiger partial charge in [-0.25, -0.2) is 0 Å². The number of amides is 1. The van der Waals surface area contributed by atoms with Crippen molar-refractivity contribution in [3.05, 3.63) is 23.2 Å². The number of benzene rings is 1. The fraction of sp³-hybridized carbons (Fsp3) is 0.682.